The van der Waals surface area contributed by atoms with Crippen molar-refractivity contribution < 1.29 is 17.6 Å². The predicted octanol–water partition coefficient (Wildman–Crippen LogP) is 7.25. The Bertz CT molecular complexity index is 1250. The zero-order chi connectivity index (χ0) is 21.4. The van der Waals surface area contributed by atoms with E-state index >= 15 is 4.39 Å². The SMILES string of the molecule is Fc1ccc(-c2c(-c3ccc(Cl)cn3)[c]c(F)c(-c3ccc(Br)cn3)c2F)c(F)c1. The van der Waals surface area contributed by atoms with Crippen molar-refractivity contribution in [1.29, 1.82) is 0 Å². The fourth-order valence-corrected chi connectivity index (χ4v) is 3.32. The molecule has 0 amide bonds. The van der Waals surface area contributed by atoms with Gasteiger partial charge in [-0.1, -0.05) is 11.6 Å². The van der Waals surface area contributed by atoms with E-state index < -0.39 is 28.8 Å². The lowest BCUT2D eigenvalue weighted by Gasteiger charge is -2.15. The Morgan fingerprint density at radius 2 is 1.57 bits per heavy atom. The molecule has 149 valence electrons. The molecule has 0 unspecified atom stereocenters. The molecule has 4 aromatic rings. The molecule has 2 aromatic heterocycles. The third-order valence-corrected chi connectivity index (χ3v) is 5.00. The highest BCUT2D eigenvalue weighted by molar-refractivity contribution is 9.10. The van der Waals surface area contributed by atoms with Crippen molar-refractivity contribution in [3.05, 3.63) is 93.7 Å². The molecular weight excluding hydrogens is 484 g/mol. The van der Waals surface area contributed by atoms with E-state index in [-0.39, 0.29) is 28.1 Å². The largest absolute Gasteiger partial charge is 0.255 e. The molecule has 30 heavy (non-hydrogen) atoms. The van der Waals surface area contributed by atoms with Crippen LogP contribution in [0.1, 0.15) is 0 Å². The molecule has 0 bridgehead atoms. The van der Waals surface area contributed by atoms with Crippen molar-refractivity contribution >= 4 is 27.5 Å². The van der Waals surface area contributed by atoms with Crippen molar-refractivity contribution in [2.75, 3.05) is 0 Å². The summed E-state index contributed by atoms with van der Waals surface area (Å²) in [6, 6.07) is 11.0. The third-order valence-electron chi connectivity index (χ3n) is 4.31. The van der Waals surface area contributed by atoms with Crippen molar-refractivity contribution in [3.8, 4) is 33.6 Å². The van der Waals surface area contributed by atoms with Gasteiger partial charge in [0.05, 0.1) is 22.0 Å². The summed E-state index contributed by atoms with van der Waals surface area (Å²) in [6.45, 7) is 0. The zero-order valence-electron chi connectivity index (χ0n) is 14.9. The summed E-state index contributed by atoms with van der Waals surface area (Å²) in [5.41, 5.74) is -1.10. The molecule has 2 nitrogen and oxygen atoms in total. The van der Waals surface area contributed by atoms with Crippen LogP contribution in [0.2, 0.25) is 5.02 Å². The van der Waals surface area contributed by atoms with E-state index in [1.165, 1.54) is 30.6 Å². The van der Waals surface area contributed by atoms with Gasteiger partial charge in [0.2, 0.25) is 0 Å². The first-order chi connectivity index (χ1) is 14.3. The minimum absolute atomic E-state index is 0.0103. The van der Waals surface area contributed by atoms with E-state index in [1.807, 2.05) is 0 Å². The summed E-state index contributed by atoms with van der Waals surface area (Å²) in [7, 11) is 0. The smallest absolute Gasteiger partial charge is 0.144 e. The maximum Gasteiger partial charge on any atom is 0.144 e. The summed E-state index contributed by atoms with van der Waals surface area (Å²) in [6.07, 6.45) is 2.66. The van der Waals surface area contributed by atoms with E-state index in [0.717, 1.165) is 12.1 Å². The minimum Gasteiger partial charge on any atom is -0.255 e. The highest BCUT2D eigenvalue weighted by Crippen LogP contribution is 2.40. The summed E-state index contributed by atoms with van der Waals surface area (Å²) < 4.78 is 59.3. The number of rotatable bonds is 3. The Kier molecular flexibility index (Phi) is 5.58. The van der Waals surface area contributed by atoms with Crippen molar-refractivity contribution in [2.24, 2.45) is 0 Å². The summed E-state index contributed by atoms with van der Waals surface area (Å²) in [4.78, 5) is 8.09. The number of pyridine rings is 2. The topological polar surface area (TPSA) is 25.8 Å². The normalized spacial score (nSPS) is 11.0. The summed E-state index contributed by atoms with van der Waals surface area (Å²) in [5.74, 6) is -3.94. The molecule has 0 aliphatic carbocycles. The van der Waals surface area contributed by atoms with Gasteiger partial charge in [-0.25, -0.2) is 17.6 Å². The molecule has 0 spiro atoms. The second-order valence-corrected chi connectivity index (χ2v) is 7.58. The first kappa shape index (κ1) is 20.5. The Labute approximate surface area is 182 Å². The number of nitrogens with zero attached hydrogens (tertiary/aromatic N) is 2. The van der Waals surface area contributed by atoms with Crippen LogP contribution in [0, 0.1) is 29.3 Å². The van der Waals surface area contributed by atoms with Gasteiger partial charge in [0.1, 0.15) is 23.3 Å². The minimum atomic E-state index is -1.07. The molecule has 2 heterocycles. The fraction of sp³-hybridized carbons (Fsp3) is 0. The molecule has 0 saturated heterocycles. The van der Waals surface area contributed by atoms with Crippen LogP contribution in [0.4, 0.5) is 17.6 Å². The van der Waals surface area contributed by atoms with Gasteiger partial charge in [-0.05, 0) is 52.3 Å². The monoisotopic (exact) mass is 491 g/mol. The molecule has 4 rings (SSSR count). The molecule has 0 aliphatic heterocycles. The highest BCUT2D eigenvalue weighted by Gasteiger charge is 2.25. The maximum absolute atomic E-state index is 15.7. The molecule has 0 atom stereocenters. The van der Waals surface area contributed by atoms with E-state index in [1.54, 1.807) is 6.07 Å². The lowest BCUT2D eigenvalue weighted by molar-refractivity contribution is 0.577. The van der Waals surface area contributed by atoms with Crippen LogP contribution in [0.5, 0.6) is 0 Å². The van der Waals surface area contributed by atoms with Crippen molar-refractivity contribution in [1.82, 2.24) is 9.97 Å². The molecule has 2 aromatic carbocycles. The van der Waals surface area contributed by atoms with E-state index in [0.29, 0.717) is 15.6 Å². The Morgan fingerprint density at radius 1 is 0.833 bits per heavy atom. The standard InChI is InChI=1S/C22H9BrClF4N2/c23-11-1-5-19(29-9-11)21-17(27)8-15(18-6-2-12(24)10-30-18)20(22(21)28)14-4-3-13(25)7-16(14)26/h1-7,9-10H. The quantitative estimate of drug-likeness (QED) is 0.282. The van der Waals surface area contributed by atoms with E-state index in [4.69, 9.17) is 11.6 Å². The van der Waals surface area contributed by atoms with Crippen LogP contribution in [0.25, 0.3) is 33.6 Å². The lowest BCUT2D eigenvalue weighted by Crippen LogP contribution is -2.02. The van der Waals surface area contributed by atoms with Gasteiger partial charge in [0, 0.05) is 45.7 Å². The molecule has 0 fully saturated rings. The number of hydrogen-bond donors (Lipinski definition) is 0. The Balaban J connectivity index is 2.06. The van der Waals surface area contributed by atoms with Crippen LogP contribution < -0.4 is 0 Å². The molecule has 1 radical (unpaired) electrons. The number of benzene rings is 2. The third kappa shape index (κ3) is 3.82. The fourth-order valence-electron chi connectivity index (χ4n) is 2.98. The number of halogens is 6. The maximum atomic E-state index is 15.7. The predicted molar refractivity (Wildman–Crippen MR) is 110 cm³/mol. The molecule has 0 aliphatic rings. The molecular formula is C22H9BrClF4N2. The van der Waals surface area contributed by atoms with Gasteiger partial charge in [-0.2, -0.15) is 0 Å². The lowest BCUT2D eigenvalue weighted by atomic mass is 9.92. The second kappa shape index (κ2) is 8.16. The van der Waals surface area contributed by atoms with Crippen LogP contribution in [0.3, 0.4) is 0 Å². The van der Waals surface area contributed by atoms with Gasteiger partial charge in [0.15, 0.2) is 0 Å². The van der Waals surface area contributed by atoms with Crippen LogP contribution in [0.15, 0.2) is 59.3 Å². The van der Waals surface area contributed by atoms with Crippen molar-refractivity contribution in [2.45, 2.75) is 0 Å². The molecule has 8 heteroatoms. The average molecular weight is 493 g/mol. The molecule has 0 N–H and O–H groups in total. The number of hydrogen-bond acceptors (Lipinski definition) is 2. The average Bonchev–Trinajstić information content (AvgIpc) is 2.70. The summed E-state index contributed by atoms with van der Waals surface area (Å²) >= 11 is 9.05. The Morgan fingerprint density at radius 3 is 2.20 bits per heavy atom. The van der Waals surface area contributed by atoms with Crippen LogP contribution >= 0.6 is 27.5 Å². The Hall–Kier alpha value is -2.77. The zero-order valence-corrected chi connectivity index (χ0v) is 17.2. The molecule has 0 saturated carbocycles. The van der Waals surface area contributed by atoms with E-state index in [2.05, 4.69) is 32.0 Å². The van der Waals surface area contributed by atoms with Crippen LogP contribution in [-0.4, -0.2) is 9.97 Å². The first-order valence-electron chi connectivity index (χ1n) is 8.48. The van der Waals surface area contributed by atoms with E-state index in [9.17, 15) is 13.2 Å². The van der Waals surface area contributed by atoms with Gasteiger partial charge in [-0.15, -0.1) is 0 Å². The second-order valence-electron chi connectivity index (χ2n) is 6.23. The van der Waals surface area contributed by atoms with Gasteiger partial charge in [0.25, 0.3) is 0 Å². The van der Waals surface area contributed by atoms with Gasteiger partial charge < -0.3 is 0 Å². The van der Waals surface area contributed by atoms with Crippen LogP contribution in [-0.2, 0) is 0 Å². The summed E-state index contributed by atoms with van der Waals surface area (Å²) in [5, 5.41) is 0.310. The number of aromatic nitrogens is 2. The van der Waals surface area contributed by atoms with Gasteiger partial charge >= 0.3 is 0 Å². The van der Waals surface area contributed by atoms with Gasteiger partial charge in [-0.3, -0.25) is 9.97 Å². The van der Waals surface area contributed by atoms with Crippen molar-refractivity contribution in [3.63, 3.8) is 0 Å². The highest BCUT2D eigenvalue weighted by atomic mass is 79.9. The first-order valence-corrected chi connectivity index (χ1v) is 9.66.